The van der Waals surface area contributed by atoms with Gasteiger partial charge in [-0.25, -0.2) is 0 Å². The average Bonchev–Trinajstić information content (AvgIpc) is 2.47. The molecule has 1 aromatic carbocycles. The smallest absolute Gasteiger partial charge is 0.250 e. The van der Waals surface area contributed by atoms with Gasteiger partial charge in [0, 0.05) is 37.0 Å². The number of anilines is 1. The van der Waals surface area contributed by atoms with E-state index in [0.29, 0.717) is 18.2 Å². The first-order valence-electron chi connectivity index (χ1n) is 6.81. The Kier molecular flexibility index (Phi) is 5.42. The molecule has 0 aliphatic carbocycles. The van der Waals surface area contributed by atoms with E-state index in [2.05, 4.69) is 12.2 Å². The van der Waals surface area contributed by atoms with Gasteiger partial charge in [-0.2, -0.15) is 0 Å². The SMILES string of the molecule is COCCn1cc(NC(C)c2cccc(Cl)c2)ccc1=O. The Bertz CT molecular complexity index is 655. The molecule has 1 heterocycles. The second-order valence-corrected chi connectivity index (χ2v) is 5.30. The Morgan fingerprint density at radius 3 is 2.86 bits per heavy atom. The molecule has 1 aromatic heterocycles. The van der Waals surface area contributed by atoms with Crippen molar-refractivity contribution < 1.29 is 4.74 Å². The van der Waals surface area contributed by atoms with Gasteiger partial charge < -0.3 is 14.6 Å². The molecule has 2 rings (SSSR count). The number of aromatic nitrogens is 1. The lowest BCUT2D eigenvalue weighted by atomic mass is 10.1. The predicted octanol–water partition coefficient (Wildman–Crippen LogP) is 3.32. The fraction of sp³-hybridized carbons (Fsp3) is 0.312. The maximum atomic E-state index is 11.7. The first kappa shape index (κ1) is 15.6. The van der Waals surface area contributed by atoms with Crippen LogP contribution in [-0.2, 0) is 11.3 Å². The lowest BCUT2D eigenvalue weighted by molar-refractivity contribution is 0.186. The van der Waals surface area contributed by atoms with E-state index >= 15 is 0 Å². The summed E-state index contributed by atoms with van der Waals surface area (Å²) in [7, 11) is 1.62. The number of rotatable bonds is 6. The van der Waals surface area contributed by atoms with E-state index in [4.69, 9.17) is 16.3 Å². The van der Waals surface area contributed by atoms with Gasteiger partial charge in [-0.05, 0) is 30.7 Å². The Morgan fingerprint density at radius 2 is 2.14 bits per heavy atom. The van der Waals surface area contributed by atoms with Gasteiger partial charge >= 0.3 is 0 Å². The lowest BCUT2D eigenvalue weighted by Crippen LogP contribution is -2.21. The van der Waals surface area contributed by atoms with Crippen molar-refractivity contribution in [2.75, 3.05) is 19.0 Å². The molecule has 1 atom stereocenters. The highest BCUT2D eigenvalue weighted by Crippen LogP contribution is 2.21. The monoisotopic (exact) mass is 306 g/mol. The minimum absolute atomic E-state index is 0.0343. The molecular formula is C16H19ClN2O2. The number of hydrogen-bond acceptors (Lipinski definition) is 3. The second kappa shape index (κ2) is 7.29. The molecule has 0 bridgehead atoms. The maximum absolute atomic E-state index is 11.7. The zero-order chi connectivity index (χ0) is 15.2. The first-order chi connectivity index (χ1) is 10.1. The van der Waals surface area contributed by atoms with Crippen LogP contribution in [0.3, 0.4) is 0 Å². The van der Waals surface area contributed by atoms with Crippen LogP contribution in [-0.4, -0.2) is 18.3 Å². The van der Waals surface area contributed by atoms with Crippen molar-refractivity contribution in [3.63, 3.8) is 0 Å². The molecule has 0 radical (unpaired) electrons. The summed E-state index contributed by atoms with van der Waals surface area (Å²) in [6.07, 6.45) is 1.81. The Balaban J connectivity index is 2.13. The zero-order valence-electron chi connectivity index (χ0n) is 12.2. The van der Waals surface area contributed by atoms with Crippen molar-refractivity contribution in [1.82, 2.24) is 4.57 Å². The maximum Gasteiger partial charge on any atom is 0.250 e. The number of nitrogens with one attached hydrogen (secondary N) is 1. The third-order valence-corrected chi connectivity index (χ3v) is 3.49. The molecule has 5 heteroatoms. The van der Waals surface area contributed by atoms with Crippen LogP contribution >= 0.6 is 11.6 Å². The van der Waals surface area contributed by atoms with Crippen LogP contribution in [0.25, 0.3) is 0 Å². The summed E-state index contributed by atoms with van der Waals surface area (Å²) in [5.74, 6) is 0. The largest absolute Gasteiger partial charge is 0.383 e. The first-order valence-corrected chi connectivity index (χ1v) is 7.19. The van der Waals surface area contributed by atoms with Crippen LogP contribution in [0.4, 0.5) is 5.69 Å². The molecule has 21 heavy (non-hydrogen) atoms. The Hall–Kier alpha value is -1.78. The van der Waals surface area contributed by atoms with Crippen molar-refractivity contribution in [2.24, 2.45) is 0 Å². The van der Waals surface area contributed by atoms with E-state index in [1.54, 1.807) is 23.8 Å². The van der Waals surface area contributed by atoms with Crippen molar-refractivity contribution in [2.45, 2.75) is 19.5 Å². The summed E-state index contributed by atoms with van der Waals surface area (Å²) in [6.45, 7) is 3.10. The minimum atomic E-state index is -0.0343. The number of hydrogen-bond donors (Lipinski definition) is 1. The second-order valence-electron chi connectivity index (χ2n) is 4.86. The summed E-state index contributed by atoms with van der Waals surface area (Å²) < 4.78 is 6.64. The molecule has 0 fully saturated rings. The standard InChI is InChI=1S/C16H19ClN2O2/c1-12(13-4-3-5-14(17)10-13)18-15-6-7-16(20)19(11-15)8-9-21-2/h3-7,10-12,18H,8-9H2,1-2H3. The zero-order valence-corrected chi connectivity index (χ0v) is 12.9. The van der Waals surface area contributed by atoms with Crippen LogP contribution in [0.2, 0.25) is 5.02 Å². The van der Waals surface area contributed by atoms with Crippen LogP contribution in [0.5, 0.6) is 0 Å². The van der Waals surface area contributed by atoms with Gasteiger partial charge in [0.1, 0.15) is 0 Å². The molecule has 0 aliphatic rings. The highest BCUT2D eigenvalue weighted by molar-refractivity contribution is 6.30. The molecule has 0 spiro atoms. The summed E-state index contributed by atoms with van der Waals surface area (Å²) in [5.41, 5.74) is 1.95. The summed E-state index contributed by atoms with van der Waals surface area (Å²) in [6, 6.07) is 11.2. The van der Waals surface area contributed by atoms with E-state index in [0.717, 1.165) is 11.3 Å². The number of benzene rings is 1. The molecule has 0 saturated carbocycles. The van der Waals surface area contributed by atoms with Gasteiger partial charge in [0.05, 0.1) is 12.3 Å². The van der Waals surface area contributed by atoms with Gasteiger partial charge in [0.15, 0.2) is 0 Å². The van der Waals surface area contributed by atoms with Crippen LogP contribution in [0.1, 0.15) is 18.5 Å². The molecule has 2 aromatic rings. The summed E-state index contributed by atoms with van der Waals surface area (Å²) in [4.78, 5) is 11.7. The lowest BCUT2D eigenvalue weighted by Gasteiger charge is -2.17. The summed E-state index contributed by atoms with van der Waals surface area (Å²) in [5, 5.41) is 4.08. The third-order valence-electron chi connectivity index (χ3n) is 3.25. The quantitative estimate of drug-likeness (QED) is 0.890. The number of methoxy groups -OCH3 is 1. The van der Waals surface area contributed by atoms with Gasteiger partial charge in [0.25, 0.3) is 5.56 Å². The fourth-order valence-electron chi connectivity index (χ4n) is 2.09. The summed E-state index contributed by atoms with van der Waals surface area (Å²) >= 11 is 6.01. The van der Waals surface area contributed by atoms with E-state index in [9.17, 15) is 4.79 Å². The van der Waals surface area contributed by atoms with E-state index in [1.807, 2.05) is 30.5 Å². The third kappa shape index (κ3) is 4.34. The molecule has 0 amide bonds. The molecule has 0 saturated heterocycles. The Labute approximate surface area is 129 Å². The van der Waals surface area contributed by atoms with Crippen LogP contribution < -0.4 is 10.9 Å². The van der Waals surface area contributed by atoms with Gasteiger partial charge in [-0.15, -0.1) is 0 Å². The highest BCUT2D eigenvalue weighted by Gasteiger charge is 2.07. The molecule has 112 valence electrons. The number of halogens is 1. The predicted molar refractivity (Wildman–Crippen MR) is 86.1 cm³/mol. The van der Waals surface area contributed by atoms with Gasteiger partial charge in [-0.1, -0.05) is 23.7 Å². The van der Waals surface area contributed by atoms with Crippen LogP contribution in [0.15, 0.2) is 47.4 Å². The molecule has 1 N–H and O–H groups in total. The Morgan fingerprint density at radius 1 is 1.33 bits per heavy atom. The minimum Gasteiger partial charge on any atom is -0.383 e. The van der Waals surface area contributed by atoms with Crippen LogP contribution in [0, 0.1) is 0 Å². The molecule has 4 nitrogen and oxygen atoms in total. The normalized spacial score (nSPS) is 12.1. The topological polar surface area (TPSA) is 43.3 Å². The van der Waals surface area contributed by atoms with E-state index < -0.39 is 0 Å². The number of pyridine rings is 1. The van der Waals surface area contributed by atoms with Crippen molar-refractivity contribution in [3.05, 3.63) is 63.5 Å². The molecular weight excluding hydrogens is 288 g/mol. The van der Waals surface area contributed by atoms with Gasteiger partial charge in [-0.3, -0.25) is 4.79 Å². The molecule has 0 aliphatic heterocycles. The van der Waals surface area contributed by atoms with E-state index in [-0.39, 0.29) is 11.6 Å². The van der Waals surface area contributed by atoms with Gasteiger partial charge in [0.2, 0.25) is 0 Å². The van der Waals surface area contributed by atoms with Crippen molar-refractivity contribution in [3.8, 4) is 0 Å². The van der Waals surface area contributed by atoms with Crippen molar-refractivity contribution >= 4 is 17.3 Å². The average molecular weight is 307 g/mol. The number of ether oxygens (including phenoxy) is 1. The number of nitrogens with zero attached hydrogens (tertiary/aromatic N) is 1. The van der Waals surface area contributed by atoms with E-state index in [1.165, 1.54) is 0 Å². The van der Waals surface area contributed by atoms with Crippen molar-refractivity contribution in [1.29, 1.82) is 0 Å². The highest BCUT2D eigenvalue weighted by atomic mass is 35.5. The fourth-order valence-corrected chi connectivity index (χ4v) is 2.29. The molecule has 1 unspecified atom stereocenters.